The summed E-state index contributed by atoms with van der Waals surface area (Å²) >= 11 is 0. The van der Waals surface area contributed by atoms with Crippen molar-refractivity contribution in [2.45, 2.75) is 25.3 Å². The zero-order valence-corrected chi connectivity index (χ0v) is 15.2. The number of fused-ring (bicyclic) bond motifs is 3. The molecular formula is C22H26N2O. The fourth-order valence-electron chi connectivity index (χ4n) is 4.14. The molecule has 1 heterocycles. The van der Waals surface area contributed by atoms with E-state index >= 15 is 0 Å². The zero-order valence-electron chi connectivity index (χ0n) is 15.2. The van der Waals surface area contributed by atoms with Crippen LogP contribution in [0.15, 0.2) is 54.6 Å². The Bertz CT molecular complexity index is 779. The average Bonchev–Trinajstić information content (AvgIpc) is 3.11. The van der Waals surface area contributed by atoms with Gasteiger partial charge in [0.15, 0.2) is 0 Å². The molecule has 130 valence electrons. The van der Waals surface area contributed by atoms with Crippen molar-refractivity contribution >= 4 is 11.4 Å². The number of benzene rings is 2. The zero-order chi connectivity index (χ0) is 17.4. The number of nitrogens with one attached hydrogen (secondary N) is 1. The molecular weight excluding hydrogens is 308 g/mol. The number of allylic oxidation sites excluding steroid dienone is 2. The molecule has 3 unspecified atom stereocenters. The summed E-state index contributed by atoms with van der Waals surface area (Å²) in [5, 5.41) is 3.79. The molecule has 3 heteroatoms. The molecule has 0 radical (unpaired) electrons. The van der Waals surface area contributed by atoms with Gasteiger partial charge in [0.25, 0.3) is 0 Å². The highest BCUT2D eigenvalue weighted by Crippen LogP contribution is 2.50. The summed E-state index contributed by atoms with van der Waals surface area (Å²) < 4.78 is 5.71. The van der Waals surface area contributed by atoms with E-state index < -0.39 is 0 Å². The number of nitrogens with zero attached hydrogens (tertiary/aromatic N) is 1. The van der Waals surface area contributed by atoms with E-state index in [1.165, 1.54) is 22.5 Å². The predicted molar refractivity (Wildman–Crippen MR) is 105 cm³/mol. The Balaban J connectivity index is 1.68. The van der Waals surface area contributed by atoms with Gasteiger partial charge in [0.2, 0.25) is 0 Å². The molecule has 2 aromatic rings. The van der Waals surface area contributed by atoms with Crippen LogP contribution in [0.3, 0.4) is 0 Å². The predicted octanol–water partition coefficient (Wildman–Crippen LogP) is 4.98. The van der Waals surface area contributed by atoms with Gasteiger partial charge in [0.1, 0.15) is 5.75 Å². The molecule has 0 aromatic heterocycles. The molecule has 0 fully saturated rings. The Hall–Kier alpha value is -2.42. The van der Waals surface area contributed by atoms with Gasteiger partial charge < -0.3 is 15.0 Å². The van der Waals surface area contributed by atoms with Crippen LogP contribution in [0.25, 0.3) is 0 Å². The van der Waals surface area contributed by atoms with Crippen molar-refractivity contribution in [3.8, 4) is 5.75 Å². The van der Waals surface area contributed by atoms with Crippen molar-refractivity contribution in [3.63, 3.8) is 0 Å². The Morgan fingerprint density at radius 3 is 2.64 bits per heavy atom. The summed E-state index contributed by atoms with van der Waals surface area (Å²) in [4.78, 5) is 2.14. The van der Waals surface area contributed by atoms with E-state index in [1.54, 1.807) is 0 Å². The van der Waals surface area contributed by atoms with Crippen LogP contribution in [-0.2, 0) is 0 Å². The molecule has 4 rings (SSSR count). The number of ether oxygens (including phenoxy) is 1. The van der Waals surface area contributed by atoms with Crippen LogP contribution >= 0.6 is 0 Å². The Labute approximate surface area is 150 Å². The maximum atomic E-state index is 5.71. The Kier molecular flexibility index (Phi) is 4.16. The van der Waals surface area contributed by atoms with Gasteiger partial charge in [-0.2, -0.15) is 0 Å². The number of hydrogen-bond donors (Lipinski definition) is 1. The fraction of sp³-hybridized carbons (Fsp3) is 0.364. The molecule has 0 amide bonds. The summed E-state index contributed by atoms with van der Waals surface area (Å²) in [5.41, 5.74) is 5.20. The molecule has 1 aliphatic carbocycles. The number of hydrogen-bond acceptors (Lipinski definition) is 3. The lowest BCUT2D eigenvalue weighted by Gasteiger charge is -2.37. The molecule has 1 N–H and O–H groups in total. The second-order valence-corrected chi connectivity index (χ2v) is 7.14. The number of anilines is 2. The van der Waals surface area contributed by atoms with E-state index in [2.05, 4.69) is 78.9 Å². The molecule has 0 saturated heterocycles. The standard InChI is InChI=1S/C22H26N2O/c1-4-25-17-12-13-21-20(14-17)18-6-5-7-19(18)22(23-21)15-8-10-16(11-9-15)24(2)3/h5-6,8-14,18-19,22-23H,4,7H2,1-3H3. The first-order chi connectivity index (χ1) is 12.2. The maximum absolute atomic E-state index is 5.71. The van der Waals surface area contributed by atoms with Gasteiger partial charge in [-0.3, -0.25) is 0 Å². The molecule has 3 atom stereocenters. The smallest absolute Gasteiger partial charge is 0.119 e. The highest BCUT2D eigenvalue weighted by molar-refractivity contribution is 5.62. The van der Waals surface area contributed by atoms with Crippen molar-refractivity contribution in [1.29, 1.82) is 0 Å². The van der Waals surface area contributed by atoms with Gasteiger partial charge in [-0.15, -0.1) is 0 Å². The fourth-order valence-corrected chi connectivity index (χ4v) is 4.14. The van der Waals surface area contributed by atoms with Crippen LogP contribution in [-0.4, -0.2) is 20.7 Å². The lowest BCUT2D eigenvalue weighted by Crippen LogP contribution is -2.29. The van der Waals surface area contributed by atoms with Crippen LogP contribution in [0.4, 0.5) is 11.4 Å². The summed E-state index contributed by atoms with van der Waals surface area (Å²) in [6.07, 6.45) is 5.83. The second kappa shape index (κ2) is 6.47. The first kappa shape index (κ1) is 16.1. The van der Waals surface area contributed by atoms with Gasteiger partial charge in [0.05, 0.1) is 12.6 Å². The van der Waals surface area contributed by atoms with E-state index in [9.17, 15) is 0 Å². The maximum Gasteiger partial charge on any atom is 0.119 e. The van der Waals surface area contributed by atoms with Crippen molar-refractivity contribution in [3.05, 3.63) is 65.7 Å². The topological polar surface area (TPSA) is 24.5 Å². The van der Waals surface area contributed by atoms with Crippen molar-refractivity contribution < 1.29 is 4.74 Å². The number of rotatable bonds is 4. The first-order valence-electron chi connectivity index (χ1n) is 9.14. The van der Waals surface area contributed by atoms with Crippen LogP contribution in [0.1, 0.15) is 36.4 Å². The van der Waals surface area contributed by atoms with Gasteiger partial charge in [-0.1, -0.05) is 24.3 Å². The van der Waals surface area contributed by atoms with E-state index in [1.807, 2.05) is 6.92 Å². The highest BCUT2D eigenvalue weighted by atomic mass is 16.5. The highest BCUT2D eigenvalue weighted by Gasteiger charge is 2.38. The van der Waals surface area contributed by atoms with Gasteiger partial charge in [-0.05, 0) is 60.7 Å². The quantitative estimate of drug-likeness (QED) is 0.798. The minimum atomic E-state index is 0.349. The lowest BCUT2D eigenvalue weighted by molar-refractivity contribution is 0.338. The second-order valence-electron chi connectivity index (χ2n) is 7.14. The first-order valence-corrected chi connectivity index (χ1v) is 9.14. The van der Waals surface area contributed by atoms with Gasteiger partial charge >= 0.3 is 0 Å². The third-order valence-electron chi connectivity index (χ3n) is 5.41. The summed E-state index contributed by atoms with van der Waals surface area (Å²) in [6.45, 7) is 2.74. The van der Waals surface area contributed by atoms with E-state index in [0.29, 0.717) is 24.5 Å². The summed E-state index contributed by atoms with van der Waals surface area (Å²) in [6, 6.07) is 15.8. The van der Waals surface area contributed by atoms with Crippen LogP contribution in [0.5, 0.6) is 5.75 Å². The van der Waals surface area contributed by atoms with Gasteiger partial charge in [-0.25, -0.2) is 0 Å². The molecule has 0 saturated carbocycles. The molecule has 0 bridgehead atoms. The SMILES string of the molecule is CCOc1ccc2c(c1)C1C=CCC1C(c1ccc(N(C)C)cc1)N2. The minimum absolute atomic E-state index is 0.349. The van der Waals surface area contributed by atoms with E-state index in [-0.39, 0.29) is 0 Å². The third kappa shape index (κ3) is 2.88. The normalized spacial score (nSPS) is 23.6. The monoisotopic (exact) mass is 334 g/mol. The van der Waals surface area contributed by atoms with Crippen molar-refractivity contribution in [2.24, 2.45) is 5.92 Å². The third-order valence-corrected chi connectivity index (χ3v) is 5.41. The summed E-state index contributed by atoms with van der Waals surface area (Å²) in [7, 11) is 4.16. The minimum Gasteiger partial charge on any atom is -0.494 e. The van der Waals surface area contributed by atoms with E-state index in [0.717, 1.165) is 12.2 Å². The van der Waals surface area contributed by atoms with E-state index in [4.69, 9.17) is 4.74 Å². The molecule has 0 spiro atoms. The van der Waals surface area contributed by atoms with Crippen LogP contribution in [0, 0.1) is 5.92 Å². The average molecular weight is 334 g/mol. The molecule has 1 aliphatic heterocycles. The van der Waals surface area contributed by atoms with Crippen molar-refractivity contribution in [1.82, 2.24) is 0 Å². The Morgan fingerprint density at radius 2 is 1.92 bits per heavy atom. The van der Waals surface area contributed by atoms with Crippen LogP contribution in [0.2, 0.25) is 0 Å². The molecule has 2 aliphatic rings. The largest absolute Gasteiger partial charge is 0.494 e. The van der Waals surface area contributed by atoms with Gasteiger partial charge in [0, 0.05) is 31.4 Å². The molecule has 3 nitrogen and oxygen atoms in total. The Morgan fingerprint density at radius 1 is 1.12 bits per heavy atom. The molecule has 25 heavy (non-hydrogen) atoms. The van der Waals surface area contributed by atoms with Crippen LogP contribution < -0.4 is 15.0 Å². The molecule has 2 aromatic carbocycles. The summed E-state index contributed by atoms with van der Waals surface area (Å²) in [5.74, 6) is 2.00. The lowest BCUT2D eigenvalue weighted by atomic mass is 9.77. The van der Waals surface area contributed by atoms with Crippen molar-refractivity contribution in [2.75, 3.05) is 30.9 Å².